The lowest BCUT2D eigenvalue weighted by molar-refractivity contribution is 0.0623. The first-order valence-corrected chi connectivity index (χ1v) is 7.45. The molecule has 1 N–H and O–H groups in total. The van der Waals surface area contributed by atoms with Crippen LogP contribution in [0.2, 0.25) is 0 Å². The summed E-state index contributed by atoms with van der Waals surface area (Å²) in [5, 5.41) is 9.96. The zero-order valence-electron chi connectivity index (χ0n) is 12.0. The van der Waals surface area contributed by atoms with Crippen LogP contribution in [-0.2, 0) is 6.42 Å². The highest BCUT2D eigenvalue weighted by atomic mass is 16.3. The monoisotopic (exact) mass is 260 g/mol. The largest absolute Gasteiger partial charge is 0.508 e. The highest BCUT2D eigenvalue weighted by Gasteiger charge is 2.33. The fourth-order valence-corrected chi connectivity index (χ4v) is 3.69. The summed E-state index contributed by atoms with van der Waals surface area (Å²) in [5.74, 6) is 0.487. The Morgan fingerprint density at radius 3 is 2.95 bits per heavy atom. The van der Waals surface area contributed by atoms with E-state index in [1.165, 1.54) is 17.5 Å². The maximum atomic E-state index is 9.96. The van der Waals surface area contributed by atoms with E-state index in [1.807, 2.05) is 12.1 Å². The fraction of sp³-hybridized carbons (Fsp3) is 0.625. The molecule has 3 heteroatoms. The highest BCUT2D eigenvalue weighted by Crippen LogP contribution is 2.40. The molecular formula is C16H24N2O. The van der Waals surface area contributed by atoms with Crippen molar-refractivity contribution in [1.29, 1.82) is 0 Å². The van der Waals surface area contributed by atoms with Crippen LogP contribution in [0.4, 0.5) is 0 Å². The number of phenolic OH excluding ortho intramolecular Hbond substituents is 1. The van der Waals surface area contributed by atoms with E-state index in [9.17, 15) is 5.11 Å². The molecule has 1 saturated heterocycles. The molecule has 1 aliphatic heterocycles. The first-order valence-electron chi connectivity index (χ1n) is 7.45. The van der Waals surface area contributed by atoms with Gasteiger partial charge < -0.3 is 10.0 Å². The summed E-state index contributed by atoms with van der Waals surface area (Å²) in [6, 6.07) is 7.20. The summed E-state index contributed by atoms with van der Waals surface area (Å²) in [4.78, 5) is 5.11. The van der Waals surface area contributed by atoms with Crippen LogP contribution in [0.5, 0.6) is 5.75 Å². The molecule has 0 amide bonds. The molecule has 0 aromatic heterocycles. The number of aromatic hydroxyl groups is 1. The predicted octanol–water partition coefficient (Wildman–Crippen LogP) is 2.41. The van der Waals surface area contributed by atoms with Crippen LogP contribution in [0.15, 0.2) is 18.2 Å². The second-order valence-corrected chi connectivity index (χ2v) is 5.94. The molecule has 3 nitrogen and oxygen atoms in total. The van der Waals surface area contributed by atoms with Crippen LogP contribution in [0.25, 0.3) is 0 Å². The maximum Gasteiger partial charge on any atom is 0.119 e. The van der Waals surface area contributed by atoms with Gasteiger partial charge in [0.05, 0.1) is 0 Å². The average molecular weight is 260 g/mol. The quantitative estimate of drug-likeness (QED) is 0.884. The van der Waals surface area contributed by atoms with Gasteiger partial charge in [-0.25, -0.2) is 0 Å². The number of likely N-dealkylation sites (N-methyl/N-ethyl adjacent to an activating group) is 1. The zero-order chi connectivity index (χ0) is 13.4. The molecule has 19 heavy (non-hydrogen) atoms. The molecular weight excluding hydrogens is 236 g/mol. The minimum Gasteiger partial charge on any atom is -0.508 e. The summed E-state index contributed by atoms with van der Waals surface area (Å²) in [6.45, 7) is 5.74. The van der Waals surface area contributed by atoms with Gasteiger partial charge >= 0.3 is 0 Å². The Bertz CT molecular complexity index is 460. The van der Waals surface area contributed by atoms with Gasteiger partial charge in [-0.3, -0.25) is 4.90 Å². The van der Waals surface area contributed by atoms with Gasteiger partial charge in [-0.15, -0.1) is 0 Å². The van der Waals surface area contributed by atoms with Crippen molar-refractivity contribution >= 4 is 0 Å². The molecule has 2 unspecified atom stereocenters. The Kier molecular flexibility index (Phi) is 3.50. The molecule has 0 spiro atoms. The molecule has 0 bridgehead atoms. The molecule has 104 valence electrons. The summed E-state index contributed by atoms with van der Waals surface area (Å²) < 4.78 is 0. The van der Waals surface area contributed by atoms with Crippen molar-refractivity contribution in [2.75, 3.05) is 26.7 Å². The number of rotatable bonds is 2. The average Bonchev–Trinajstić information content (AvgIpc) is 2.85. The Morgan fingerprint density at radius 2 is 2.16 bits per heavy atom. The predicted molar refractivity (Wildman–Crippen MR) is 77.5 cm³/mol. The Morgan fingerprint density at radius 1 is 1.32 bits per heavy atom. The number of hydrogen-bond donors (Lipinski definition) is 1. The lowest BCUT2D eigenvalue weighted by Crippen LogP contribution is -2.51. The summed E-state index contributed by atoms with van der Waals surface area (Å²) >= 11 is 0. The third-order valence-electron chi connectivity index (χ3n) is 4.93. The van der Waals surface area contributed by atoms with Gasteiger partial charge in [0.1, 0.15) is 5.75 Å². The van der Waals surface area contributed by atoms with Crippen molar-refractivity contribution in [3.8, 4) is 5.75 Å². The van der Waals surface area contributed by atoms with Crippen molar-refractivity contribution in [3.05, 3.63) is 29.3 Å². The van der Waals surface area contributed by atoms with Gasteiger partial charge in [0.15, 0.2) is 0 Å². The van der Waals surface area contributed by atoms with Crippen LogP contribution in [0.3, 0.4) is 0 Å². The number of phenols is 1. The van der Waals surface area contributed by atoms with Crippen molar-refractivity contribution < 1.29 is 5.11 Å². The molecule has 0 saturated carbocycles. The summed E-state index contributed by atoms with van der Waals surface area (Å²) in [6.07, 6.45) is 3.40. The van der Waals surface area contributed by atoms with Crippen LogP contribution in [0.1, 0.15) is 36.9 Å². The van der Waals surface area contributed by atoms with Crippen molar-refractivity contribution in [2.24, 2.45) is 0 Å². The Labute approximate surface area is 115 Å². The van der Waals surface area contributed by atoms with Gasteiger partial charge in [0, 0.05) is 31.7 Å². The van der Waals surface area contributed by atoms with Crippen LogP contribution in [-0.4, -0.2) is 47.6 Å². The molecule has 1 aromatic carbocycles. The number of fused-ring (bicyclic) bond motifs is 1. The molecule has 1 fully saturated rings. The highest BCUT2D eigenvalue weighted by molar-refractivity contribution is 5.44. The third kappa shape index (κ3) is 2.26. The first-order chi connectivity index (χ1) is 9.20. The number of nitrogens with zero attached hydrogens (tertiary/aromatic N) is 2. The van der Waals surface area contributed by atoms with E-state index in [1.54, 1.807) is 0 Å². The van der Waals surface area contributed by atoms with Gasteiger partial charge in [-0.05, 0) is 43.5 Å². The number of piperazine rings is 1. The lowest BCUT2D eigenvalue weighted by atomic mass is 10.0. The standard InChI is InChI=1S/C16H24N2O/c1-3-12-11-18(10-9-17(12)2)15-8-7-14-13(15)5-4-6-16(14)19/h4-6,12,15,19H,3,7-11H2,1-2H3. The SMILES string of the molecule is CCC1CN(C2CCc3c(O)cccc32)CCN1C. The number of benzene rings is 1. The molecule has 0 radical (unpaired) electrons. The minimum atomic E-state index is 0.487. The maximum absolute atomic E-state index is 9.96. The van der Waals surface area contributed by atoms with Gasteiger partial charge in [-0.2, -0.15) is 0 Å². The Hall–Kier alpha value is -1.06. The van der Waals surface area contributed by atoms with E-state index in [-0.39, 0.29) is 0 Å². The van der Waals surface area contributed by atoms with E-state index in [2.05, 4.69) is 29.8 Å². The van der Waals surface area contributed by atoms with E-state index in [0.717, 1.165) is 32.5 Å². The van der Waals surface area contributed by atoms with E-state index in [0.29, 0.717) is 17.8 Å². The van der Waals surface area contributed by atoms with E-state index >= 15 is 0 Å². The third-order valence-corrected chi connectivity index (χ3v) is 4.93. The molecule has 1 heterocycles. The normalized spacial score (nSPS) is 28.5. The molecule has 1 aromatic rings. The smallest absolute Gasteiger partial charge is 0.119 e. The second-order valence-electron chi connectivity index (χ2n) is 5.94. The Balaban J connectivity index is 1.80. The zero-order valence-corrected chi connectivity index (χ0v) is 12.0. The van der Waals surface area contributed by atoms with Crippen molar-refractivity contribution in [3.63, 3.8) is 0 Å². The lowest BCUT2D eigenvalue weighted by Gasteiger charge is -2.42. The van der Waals surface area contributed by atoms with E-state index in [4.69, 9.17) is 0 Å². The molecule has 2 aliphatic rings. The number of hydrogen-bond acceptors (Lipinski definition) is 3. The molecule has 3 rings (SSSR count). The van der Waals surface area contributed by atoms with Crippen molar-refractivity contribution in [2.45, 2.75) is 38.3 Å². The molecule has 2 atom stereocenters. The van der Waals surface area contributed by atoms with Crippen molar-refractivity contribution in [1.82, 2.24) is 9.80 Å². The van der Waals surface area contributed by atoms with Gasteiger partial charge in [0.2, 0.25) is 0 Å². The summed E-state index contributed by atoms with van der Waals surface area (Å²) in [7, 11) is 2.24. The van der Waals surface area contributed by atoms with Gasteiger partial charge in [-0.1, -0.05) is 19.1 Å². The topological polar surface area (TPSA) is 26.7 Å². The van der Waals surface area contributed by atoms with Gasteiger partial charge in [0.25, 0.3) is 0 Å². The second kappa shape index (κ2) is 5.14. The van der Waals surface area contributed by atoms with Crippen LogP contribution in [0, 0.1) is 0 Å². The first kappa shape index (κ1) is 12.9. The van der Waals surface area contributed by atoms with Crippen LogP contribution >= 0.6 is 0 Å². The molecule has 1 aliphatic carbocycles. The summed E-state index contributed by atoms with van der Waals surface area (Å²) in [5.41, 5.74) is 2.54. The minimum absolute atomic E-state index is 0.487. The fourth-order valence-electron chi connectivity index (χ4n) is 3.69. The van der Waals surface area contributed by atoms with Crippen LogP contribution < -0.4 is 0 Å². The van der Waals surface area contributed by atoms with E-state index < -0.39 is 0 Å².